The van der Waals surface area contributed by atoms with E-state index in [1.807, 2.05) is 6.92 Å². The molecule has 1 saturated heterocycles. The summed E-state index contributed by atoms with van der Waals surface area (Å²) in [6.45, 7) is 5.71. The van der Waals surface area contributed by atoms with E-state index in [9.17, 15) is 0 Å². The van der Waals surface area contributed by atoms with Crippen molar-refractivity contribution in [3.63, 3.8) is 0 Å². The smallest absolute Gasteiger partial charge is 0.0845 e. The second-order valence-electron chi connectivity index (χ2n) is 3.23. The molecule has 1 nitrogen and oxygen atoms in total. The number of nitrogens with zero attached hydrogens (tertiary/aromatic N) is 1. The first-order valence-corrected chi connectivity index (χ1v) is 5.79. The Kier molecular flexibility index (Phi) is 3.07. The maximum Gasteiger partial charge on any atom is 0.0845 e. The monoisotopic (exact) mass is 215 g/mol. The minimum absolute atomic E-state index is 0.975. The Morgan fingerprint density at radius 3 is 3.13 bits per heavy atom. The molecule has 2 rings (SSSR count). The number of thioether (sulfide) groups is 1. The third-order valence-corrected chi connectivity index (χ3v) is 3.52. The Balaban J connectivity index is 2.51. The van der Waals surface area contributed by atoms with Crippen LogP contribution in [0.5, 0.6) is 0 Å². The Morgan fingerprint density at radius 1 is 1.53 bits per heavy atom. The van der Waals surface area contributed by atoms with Gasteiger partial charge in [-0.25, -0.2) is 0 Å². The molecule has 1 heterocycles. The predicted octanol–water partition coefficient (Wildman–Crippen LogP) is 3.99. The quantitative estimate of drug-likeness (QED) is 0.644. The lowest BCUT2D eigenvalue weighted by Gasteiger charge is -1.97. The Labute approximate surface area is 94.7 Å². The third kappa shape index (κ3) is 1.90. The summed E-state index contributed by atoms with van der Waals surface area (Å²) in [5.74, 6) is 0. The highest BCUT2D eigenvalue weighted by atomic mass is 32.2. The van der Waals surface area contributed by atoms with Gasteiger partial charge in [-0.05, 0) is 19.4 Å². The van der Waals surface area contributed by atoms with Crippen LogP contribution in [-0.2, 0) is 0 Å². The molecule has 1 aliphatic heterocycles. The van der Waals surface area contributed by atoms with Crippen LogP contribution < -0.4 is 0 Å². The minimum Gasteiger partial charge on any atom is -0.256 e. The van der Waals surface area contributed by atoms with Gasteiger partial charge in [0, 0.05) is 21.6 Å². The molecule has 1 aliphatic carbocycles. The van der Waals surface area contributed by atoms with Crippen molar-refractivity contribution in [2.45, 2.75) is 13.3 Å². The molecule has 0 aromatic carbocycles. The molecule has 0 unspecified atom stereocenters. The number of hydrogen-bond donors (Lipinski definition) is 0. The molecule has 2 aliphatic rings. The molecule has 1 fully saturated rings. The third-order valence-electron chi connectivity index (χ3n) is 2.30. The van der Waals surface area contributed by atoms with Crippen molar-refractivity contribution in [3.8, 4) is 0 Å². The van der Waals surface area contributed by atoms with Crippen LogP contribution in [0.15, 0.2) is 63.5 Å². The van der Waals surface area contributed by atoms with Crippen molar-refractivity contribution in [2.24, 2.45) is 4.99 Å². The fraction of sp³-hybridized carbons (Fsp3) is 0.154. The molecule has 0 aromatic heterocycles. The summed E-state index contributed by atoms with van der Waals surface area (Å²) in [5, 5.41) is 0. The Hall–Kier alpha value is -1.28. The summed E-state index contributed by atoms with van der Waals surface area (Å²) < 4.78 is 0. The standard InChI is InChI=1S/C13H13NS/c1-3-11-13(14-4-2)10-8-6-5-7-9-12(10)15-11/h3-5,7-9H,2,6H2,1H3/b11-3+,14-13-. The average Bonchev–Trinajstić information content (AvgIpc) is 2.45. The zero-order valence-electron chi connectivity index (χ0n) is 8.73. The molecule has 15 heavy (non-hydrogen) atoms. The van der Waals surface area contributed by atoms with Crippen LogP contribution in [0.25, 0.3) is 0 Å². The van der Waals surface area contributed by atoms with Gasteiger partial charge in [0.1, 0.15) is 0 Å². The van der Waals surface area contributed by atoms with E-state index in [0.717, 1.165) is 12.1 Å². The topological polar surface area (TPSA) is 12.4 Å². The van der Waals surface area contributed by atoms with Crippen LogP contribution in [0, 0.1) is 0 Å². The highest BCUT2D eigenvalue weighted by molar-refractivity contribution is 8.08. The number of allylic oxidation sites excluding steroid dienone is 7. The van der Waals surface area contributed by atoms with Gasteiger partial charge in [0.15, 0.2) is 0 Å². The molecular formula is C13H13NS. The van der Waals surface area contributed by atoms with Gasteiger partial charge < -0.3 is 0 Å². The fourth-order valence-corrected chi connectivity index (χ4v) is 2.68. The van der Waals surface area contributed by atoms with Crippen LogP contribution in [0.2, 0.25) is 0 Å². The normalized spacial score (nSPS) is 24.9. The Bertz CT molecular complexity index is 433. The number of fused-ring (bicyclic) bond motifs is 1. The zero-order valence-corrected chi connectivity index (χ0v) is 9.55. The lowest BCUT2D eigenvalue weighted by atomic mass is 10.1. The van der Waals surface area contributed by atoms with Gasteiger partial charge in [0.05, 0.1) is 5.71 Å². The zero-order chi connectivity index (χ0) is 10.7. The van der Waals surface area contributed by atoms with E-state index in [1.54, 1.807) is 18.0 Å². The van der Waals surface area contributed by atoms with E-state index in [4.69, 9.17) is 0 Å². The molecule has 0 saturated carbocycles. The highest BCUT2D eigenvalue weighted by Gasteiger charge is 2.25. The number of aliphatic imine (C=N–C) groups is 1. The maximum atomic E-state index is 4.36. The number of rotatable bonds is 1. The fourth-order valence-electron chi connectivity index (χ4n) is 1.63. The summed E-state index contributed by atoms with van der Waals surface area (Å²) in [5.41, 5.74) is 2.31. The van der Waals surface area contributed by atoms with Gasteiger partial charge in [-0.3, -0.25) is 4.99 Å². The second-order valence-corrected chi connectivity index (χ2v) is 4.31. The molecule has 76 valence electrons. The lowest BCUT2D eigenvalue weighted by molar-refractivity contribution is 1.39. The van der Waals surface area contributed by atoms with E-state index in [1.165, 1.54) is 15.4 Å². The number of hydrogen-bond acceptors (Lipinski definition) is 2. The van der Waals surface area contributed by atoms with Gasteiger partial charge in [-0.1, -0.05) is 42.6 Å². The molecule has 0 N–H and O–H groups in total. The predicted molar refractivity (Wildman–Crippen MR) is 68.9 cm³/mol. The van der Waals surface area contributed by atoms with Crippen molar-refractivity contribution in [1.82, 2.24) is 0 Å². The van der Waals surface area contributed by atoms with E-state index in [0.29, 0.717) is 0 Å². The largest absolute Gasteiger partial charge is 0.256 e. The average molecular weight is 215 g/mol. The van der Waals surface area contributed by atoms with Crippen LogP contribution in [0.3, 0.4) is 0 Å². The van der Waals surface area contributed by atoms with Crippen molar-refractivity contribution in [2.75, 3.05) is 0 Å². The van der Waals surface area contributed by atoms with E-state index in [2.05, 4.69) is 42.0 Å². The van der Waals surface area contributed by atoms with E-state index in [-0.39, 0.29) is 0 Å². The summed E-state index contributed by atoms with van der Waals surface area (Å²) >= 11 is 1.78. The molecule has 2 heteroatoms. The SMILES string of the molecule is C=C/N=C1/C2=CCC=CC=C2S/C1=C/C. The highest BCUT2D eigenvalue weighted by Crippen LogP contribution is 2.43. The summed E-state index contributed by atoms with van der Waals surface area (Å²) in [6, 6.07) is 0. The first kappa shape index (κ1) is 10.2. The van der Waals surface area contributed by atoms with Crippen LogP contribution in [0.1, 0.15) is 13.3 Å². The summed E-state index contributed by atoms with van der Waals surface area (Å²) in [7, 11) is 0. The first-order valence-electron chi connectivity index (χ1n) is 4.97. The summed E-state index contributed by atoms with van der Waals surface area (Å²) in [6.07, 6.45) is 13.3. The molecule has 0 atom stereocenters. The lowest BCUT2D eigenvalue weighted by Crippen LogP contribution is -1.96. The van der Waals surface area contributed by atoms with E-state index >= 15 is 0 Å². The van der Waals surface area contributed by atoms with Gasteiger partial charge >= 0.3 is 0 Å². The maximum absolute atomic E-state index is 4.36. The second kappa shape index (κ2) is 4.49. The van der Waals surface area contributed by atoms with E-state index < -0.39 is 0 Å². The van der Waals surface area contributed by atoms with Gasteiger partial charge in [0.2, 0.25) is 0 Å². The molecule has 0 aromatic rings. The molecular weight excluding hydrogens is 202 g/mol. The molecule has 0 radical (unpaired) electrons. The van der Waals surface area contributed by atoms with Gasteiger partial charge in [-0.2, -0.15) is 0 Å². The minimum atomic E-state index is 0.975. The van der Waals surface area contributed by atoms with Crippen molar-refractivity contribution < 1.29 is 0 Å². The Morgan fingerprint density at radius 2 is 2.40 bits per heavy atom. The van der Waals surface area contributed by atoms with Crippen LogP contribution in [-0.4, -0.2) is 5.71 Å². The molecule has 0 amide bonds. The van der Waals surface area contributed by atoms with Crippen molar-refractivity contribution in [1.29, 1.82) is 0 Å². The first-order chi connectivity index (χ1) is 7.36. The summed E-state index contributed by atoms with van der Waals surface area (Å²) in [4.78, 5) is 6.87. The molecule has 0 bridgehead atoms. The van der Waals surface area contributed by atoms with Crippen LogP contribution >= 0.6 is 11.8 Å². The van der Waals surface area contributed by atoms with Crippen molar-refractivity contribution >= 4 is 17.5 Å². The van der Waals surface area contributed by atoms with Gasteiger partial charge in [-0.15, -0.1) is 0 Å². The van der Waals surface area contributed by atoms with Crippen LogP contribution in [0.4, 0.5) is 0 Å². The molecule has 0 spiro atoms. The van der Waals surface area contributed by atoms with Crippen molar-refractivity contribution in [3.05, 3.63) is 58.5 Å². The van der Waals surface area contributed by atoms with Gasteiger partial charge in [0.25, 0.3) is 0 Å².